The van der Waals surface area contributed by atoms with Gasteiger partial charge in [0.05, 0.1) is 34.6 Å². The van der Waals surface area contributed by atoms with E-state index in [1.165, 1.54) is 4.88 Å². The van der Waals surface area contributed by atoms with Crippen molar-refractivity contribution in [3.8, 4) is 17.3 Å². The van der Waals surface area contributed by atoms with E-state index in [1.54, 1.807) is 11.3 Å². The Hall–Kier alpha value is -2.43. The van der Waals surface area contributed by atoms with Crippen LogP contribution < -0.4 is 0 Å². The van der Waals surface area contributed by atoms with Crippen LogP contribution in [0.2, 0.25) is 0 Å². The van der Waals surface area contributed by atoms with E-state index < -0.39 is 9.39 Å². The Morgan fingerprint density at radius 3 is 2.73 bits per heavy atom. The largest absolute Gasteiger partial charge is 0.262 e. The zero-order chi connectivity index (χ0) is 21.5. The first-order chi connectivity index (χ1) is 14.4. The van der Waals surface area contributed by atoms with Gasteiger partial charge in [-0.25, -0.2) is 9.97 Å². The number of hydrogen-bond donors (Lipinski definition) is 0. The molecule has 0 radical (unpaired) electrons. The molecule has 0 spiro atoms. The maximum atomic E-state index is 9.50. The third kappa shape index (κ3) is 3.28. The lowest BCUT2D eigenvalue weighted by atomic mass is 9.89. The van der Waals surface area contributed by atoms with Crippen LogP contribution in [0.1, 0.15) is 31.0 Å². The van der Waals surface area contributed by atoms with Gasteiger partial charge in [-0.1, -0.05) is 24.7 Å². The minimum absolute atomic E-state index is 0.347. The molecule has 0 N–H and O–H groups in total. The minimum Gasteiger partial charge on any atom is -0.262 e. The van der Waals surface area contributed by atoms with Gasteiger partial charge in [0.15, 0.2) is 0 Å². The topological polar surface area (TPSA) is 70.6 Å². The van der Waals surface area contributed by atoms with Crippen molar-refractivity contribution in [3.63, 3.8) is 0 Å². The van der Waals surface area contributed by atoms with Crippen LogP contribution in [-0.2, 0) is 12.0 Å². The van der Waals surface area contributed by atoms with Gasteiger partial charge in [0.1, 0.15) is 11.4 Å². The van der Waals surface area contributed by atoms with E-state index in [0.29, 0.717) is 6.42 Å². The van der Waals surface area contributed by atoms with Crippen molar-refractivity contribution in [2.75, 3.05) is 18.8 Å². The predicted octanol–water partition coefficient (Wildman–Crippen LogP) is 4.11. The molecule has 1 saturated heterocycles. The lowest BCUT2D eigenvalue weighted by Gasteiger charge is -2.51. The number of thiophene rings is 1. The average Bonchev–Trinajstić information content (AvgIpc) is 3.36. The summed E-state index contributed by atoms with van der Waals surface area (Å²) in [4.78, 5) is 10.6. The molecule has 156 valence electrons. The number of nitriles is 1. The molecule has 0 amide bonds. The fraction of sp³-hybridized carbons (Fsp3) is 0.409. The summed E-state index contributed by atoms with van der Waals surface area (Å²) < 4.78 is 5.35. The third-order valence-corrected chi connectivity index (χ3v) is 9.83. The molecule has 6 nitrogen and oxygen atoms in total. The first kappa shape index (κ1) is 20.8. The Balaban J connectivity index is 1.73. The monoisotopic (exact) mass is 438 g/mol. The molecule has 1 aliphatic rings. The van der Waals surface area contributed by atoms with Gasteiger partial charge in [-0.3, -0.25) is 8.99 Å². The van der Waals surface area contributed by atoms with Crippen LogP contribution in [0.4, 0.5) is 0 Å². The molecule has 30 heavy (non-hydrogen) atoms. The molecule has 3 aromatic heterocycles. The Kier molecular flexibility index (Phi) is 5.33. The first-order valence-corrected chi connectivity index (χ1v) is 12.7. The number of aryl methyl sites for hydroxylation is 2. The van der Waals surface area contributed by atoms with E-state index in [9.17, 15) is 5.26 Å². The zero-order valence-electron chi connectivity index (χ0n) is 17.7. The maximum absolute atomic E-state index is 9.50. The summed E-state index contributed by atoms with van der Waals surface area (Å²) in [6.45, 7) is 11.5. The lowest BCUT2D eigenvalue weighted by Crippen LogP contribution is -2.61. The Bertz CT molecular complexity index is 1290. The van der Waals surface area contributed by atoms with Crippen molar-refractivity contribution in [1.82, 2.24) is 24.1 Å². The van der Waals surface area contributed by atoms with Crippen molar-refractivity contribution in [2.45, 2.75) is 39.2 Å². The smallest absolute Gasteiger partial charge is 0.126 e. The van der Waals surface area contributed by atoms with Crippen LogP contribution in [0.5, 0.6) is 0 Å². The highest BCUT2D eigenvalue weighted by molar-refractivity contribution is 8.26. The van der Waals surface area contributed by atoms with Gasteiger partial charge in [0.2, 0.25) is 0 Å². The SMILES string of the molecule is C=C=S(=C)(CC)N1CC(CC#N)(n2cc(-c3nc(C)nc4cc(CC)sc34)cn2)C1. The van der Waals surface area contributed by atoms with Gasteiger partial charge in [0, 0.05) is 29.7 Å². The van der Waals surface area contributed by atoms with E-state index in [4.69, 9.17) is 4.98 Å². The van der Waals surface area contributed by atoms with E-state index in [2.05, 4.69) is 57.8 Å². The van der Waals surface area contributed by atoms with Gasteiger partial charge >= 0.3 is 0 Å². The van der Waals surface area contributed by atoms with Crippen LogP contribution in [-0.4, -0.2) is 53.8 Å². The second kappa shape index (κ2) is 7.68. The molecule has 8 heteroatoms. The normalized spacial score (nSPS) is 17.8. The number of rotatable bonds is 6. The van der Waals surface area contributed by atoms with Crippen LogP contribution >= 0.6 is 20.7 Å². The summed E-state index contributed by atoms with van der Waals surface area (Å²) in [6.07, 6.45) is 5.27. The molecule has 4 heterocycles. The molecule has 1 fully saturated rings. The molecule has 1 atom stereocenters. The molecule has 0 aromatic carbocycles. The van der Waals surface area contributed by atoms with Gasteiger partial charge in [-0.05, 0) is 31.7 Å². The van der Waals surface area contributed by atoms with Crippen molar-refractivity contribution in [1.29, 1.82) is 5.26 Å². The van der Waals surface area contributed by atoms with Crippen LogP contribution in [0.15, 0.2) is 25.0 Å². The number of fused-ring (bicyclic) bond motifs is 1. The highest BCUT2D eigenvalue weighted by Crippen LogP contribution is 2.42. The summed E-state index contributed by atoms with van der Waals surface area (Å²) >= 11 is 1.74. The molecule has 0 bridgehead atoms. The van der Waals surface area contributed by atoms with Crippen molar-refractivity contribution in [3.05, 3.63) is 35.7 Å². The van der Waals surface area contributed by atoms with Crippen LogP contribution in [0.3, 0.4) is 0 Å². The second-order valence-electron chi connectivity index (χ2n) is 7.71. The van der Waals surface area contributed by atoms with E-state index >= 15 is 0 Å². The van der Waals surface area contributed by atoms with Gasteiger partial charge in [-0.15, -0.1) is 20.7 Å². The van der Waals surface area contributed by atoms with E-state index in [0.717, 1.165) is 52.6 Å². The lowest BCUT2D eigenvalue weighted by molar-refractivity contribution is 0.0803. The van der Waals surface area contributed by atoms with E-state index in [-0.39, 0.29) is 5.54 Å². The summed E-state index contributed by atoms with van der Waals surface area (Å²) in [5, 5.41) is 17.3. The van der Waals surface area contributed by atoms with Gasteiger partial charge in [0.25, 0.3) is 0 Å². The molecular formula is C22H26N6S2. The highest BCUT2D eigenvalue weighted by atomic mass is 32.2. The minimum atomic E-state index is -1.38. The first-order valence-electron chi connectivity index (χ1n) is 10.0. The van der Waals surface area contributed by atoms with Crippen LogP contribution in [0.25, 0.3) is 21.5 Å². The predicted molar refractivity (Wildman–Crippen MR) is 128 cm³/mol. The van der Waals surface area contributed by atoms with Crippen LogP contribution in [0, 0.1) is 18.3 Å². The number of hydrogen-bond acceptors (Lipinski definition) is 6. The molecular weight excluding hydrogens is 412 g/mol. The molecule has 0 aliphatic carbocycles. The average molecular weight is 439 g/mol. The molecule has 1 aliphatic heterocycles. The zero-order valence-corrected chi connectivity index (χ0v) is 19.3. The number of nitrogens with zero attached hydrogens (tertiary/aromatic N) is 6. The van der Waals surface area contributed by atoms with Crippen molar-refractivity contribution >= 4 is 41.8 Å². The molecule has 1 unspecified atom stereocenters. The number of aromatic nitrogens is 4. The fourth-order valence-corrected chi connectivity index (χ4v) is 6.66. The second-order valence-corrected chi connectivity index (χ2v) is 11.9. The third-order valence-electron chi connectivity index (χ3n) is 5.81. The Labute approximate surface area is 182 Å². The van der Waals surface area contributed by atoms with E-state index in [1.807, 2.05) is 24.0 Å². The highest BCUT2D eigenvalue weighted by Gasteiger charge is 2.47. The summed E-state index contributed by atoms with van der Waals surface area (Å²) in [5.74, 6) is 6.02. The quantitative estimate of drug-likeness (QED) is 0.542. The molecule has 4 rings (SSSR count). The summed E-state index contributed by atoms with van der Waals surface area (Å²) in [5.41, 5.74) is 2.52. The van der Waals surface area contributed by atoms with Gasteiger partial charge in [-0.2, -0.15) is 10.4 Å². The summed E-state index contributed by atoms with van der Waals surface area (Å²) in [7, 11) is -1.38. The maximum Gasteiger partial charge on any atom is 0.126 e. The Morgan fingerprint density at radius 1 is 1.33 bits per heavy atom. The molecule has 0 saturated carbocycles. The summed E-state index contributed by atoms with van der Waals surface area (Å²) in [6, 6.07) is 4.51. The van der Waals surface area contributed by atoms with Crippen molar-refractivity contribution < 1.29 is 0 Å². The fourth-order valence-electron chi connectivity index (χ4n) is 3.89. The standard InChI is InChI=1S/C22H26N6S2/c1-6-18-11-19-21(29-18)20(26-16(4)25-19)17-12-24-28(13-17)22(9-10-23)14-27(15-22)30(5,7-2)8-3/h11-13H,2,5-6,8-9,14-15H2,1,3-4H3. The molecule has 3 aromatic rings. The van der Waals surface area contributed by atoms with Crippen molar-refractivity contribution in [2.24, 2.45) is 0 Å². The Morgan fingerprint density at radius 2 is 2.10 bits per heavy atom. The van der Waals surface area contributed by atoms with Gasteiger partial charge < -0.3 is 0 Å².